The van der Waals surface area contributed by atoms with Crippen LogP contribution in [0.15, 0.2) is 146 Å². The van der Waals surface area contributed by atoms with E-state index >= 15 is 0 Å². The Hall–Kier alpha value is -4.46. The van der Waals surface area contributed by atoms with Gasteiger partial charge in [-0.3, -0.25) is 0 Å². The van der Waals surface area contributed by atoms with Crippen LogP contribution < -0.4 is 0 Å². The second kappa shape index (κ2) is 9.20. The molecule has 0 amide bonds. The molecule has 0 nitrogen and oxygen atoms in total. The molecule has 0 spiro atoms. The predicted molar refractivity (Wildman–Crippen MR) is 161 cm³/mol. The Morgan fingerprint density at radius 3 is 1.51 bits per heavy atom. The zero-order chi connectivity index (χ0) is 24.6. The first kappa shape index (κ1) is 21.8. The molecule has 1 heteroatoms. The lowest BCUT2D eigenvalue weighted by Gasteiger charge is -2.12. The maximum atomic E-state index is 2.35. The summed E-state index contributed by atoms with van der Waals surface area (Å²) in [6.45, 7) is 0. The van der Waals surface area contributed by atoms with Crippen LogP contribution in [-0.4, -0.2) is 0 Å². The molecule has 0 radical (unpaired) electrons. The lowest BCUT2D eigenvalue weighted by Crippen LogP contribution is -1.87. The first-order valence-electron chi connectivity index (χ1n) is 12.6. The summed E-state index contributed by atoms with van der Waals surface area (Å²) in [5, 5.41) is 2.67. The highest BCUT2D eigenvalue weighted by Gasteiger charge is 2.12. The van der Waals surface area contributed by atoms with Gasteiger partial charge in [-0.05, 0) is 74.8 Å². The van der Waals surface area contributed by atoms with E-state index in [4.69, 9.17) is 0 Å². The molecule has 0 fully saturated rings. The molecule has 37 heavy (non-hydrogen) atoms. The van der Waals surface area contributed by atoms with Crippen molar-refractivity contribution < 1.29 is 0 Å². The molecule has 0 bridgehead atoms. The van der Waals surface area contributed by atoms with Crippen LogP contribution in [0.2, 0.25) is 0 Å². The molecular weight excluding hydrogens is 464 g/mol. The lowest BCUT2D eigenvalue weighted by atomic mass is 9.92. The van der Waals surface area contributed by atoms with Crippen molar-refractivity contribution in [3.63, 3.8) is 0 Å². The molecule has 7 aromatic rings. The fourth-order valence-corrected chi connectivity index (χ4v) is 6.47. The van der Waals surface area contributed by atoms with E-state index in [9.17, 15) is 0 Å². The number of benzene rings is 6. The van der Waals surface area contributed by atoms with Gasteiger partial charge in [0.1, 0.15) is 0 Å². The van der Waals surface area contributed by atoms with E-state index in [1.165, 1.54) is 64.7 Å². The van der Waals surface area contributed by atoms with Crippen molar-refractivity contribution in [2.45, 2.75) is 0 Å². The van der Waals surface area contributed by atoms with Crippen molar-refractivity contribution in [1.82, 2.24) is 0 Å². The van der Waals surface area contributed by atoms with Gasteiger partial charge in [0.25, 0.3) is 0 Å². The van der Waals surface area contributed by atoms with Gasteiger partial charge in [-0.1, -0.05) is 115 Å². The van der Waals surface area contributed by atoms with Crippen molar-refractivity contribution in [3.05, 3.63) is 146 Å². The van der Waals surface area contributed by atoms with E-state index in [0.717, 1.165) is 0 Å². The van der Waals surface area contributed by atoms with Crippen LogP contribution in [0.1, 0.15) is 0 Å². The molecule has 0 saturated carbocycles. The minimum atomic E-state index is 1.23. The molecular formula is C36H24S. The molecule has 0 aliphatic heterocycles. The SMILES string of the molecule is c1ccc(-c2cc(-c3ccccc3)cc(-c3cccc(-c4cccc5c4sc4ccccc45)c3)c2)cc1. The summed E-state index contributed by atoms with van der Waals surface area (Å²) in [6.07, 6.45) is 0. The normalized spacial score (nSPS) is 11.2. The summed E-state index contributed by atoms with van der Waals surface area (Å²) in [6, 6.07) is 52.7. The van der Waals surface area contributed by atoms with Gasteiger partial charge in [0.15, 0.2) is 0 Å². The standard InChI is InChI=1S/C36H24S/c1-3-11-25(12-4-1)29-22-30(26-13-5-2-6-14-26)24-31(23-29)27-15-9-16-28(21-27)32-18-10-19-34-33-17-7-8-20-35(33)37-36(32)34/h1-24H. The van der Waals surface area contributed by atoms with Crippen molar-refractivity contribution >= 4 is 31.5 Å². The summed E-state index contributed by atoms with van der Waals surface area (Å²) < 4.78 is 2.69. The molecule has 0 N–H and O–H groups in total. The van der Waals surface area contributed by atoms with Crippen molar-refractivity contribution in [3.8, 4) is 44.5 Å². The number of fused-ring (bicyclic) bond motifs is 3. The Labute approximate surface area is 221 Å². The average molecular weight is 489 g/mol. The third kappa shape index (κ3) is 4.04. The summed E-state index contributed by atoms with van der Waals surface area (Å²) in [4.78, 5) is 0. The van der Waals surface area contributed by atoms with E-state index in [2.05, 4.69) is 146 Å². The van der Waals surface area contributed by atoms with Gasteiger partial charge in [0.05, 0.1) is 0 Å². The molecule has 0 aliphatic carbocycles. The highest BCUT2D eigenvalue weighted by atomic mass is 32.1. The van der Waals surface area contributed by atoms with Crippen LogP contribution in [0, 0.1) is 0 Å². The largest absolute Gasteiger partial charge is 0.135 e. The quantitative estimate of drug-likeness (QED) is 0.231. The zero-order valence-electron chi connectivity index (χ0n) is 20.3. The molecule has 174 valence electrons. The fourth-order valence-electron chi connectivity index (χ4n) is 5.23. The summed E-state index contributed by atoms with van der Waals surface area (Å²) in [7, 11) is 0. The number of thiophene rings is 1. The molecule has 1 heterocycles. The molecule has 7 rings (SSSR count). The van der Waals surface area contributed by atoms with Crippen LogP contribution in [0.5, 0.6) is 0 Å². The smallest absolute Gasteiger partial charge is 0.0433 e. The van der Waals surface area contributed by atoms with E-state index < -0.39 is 0 Å². The second-order valence-electron chi connectivity index (χ2n) is 9.39. The first-order valence-corrected chi connectivity index (χ1v) is 13.4. The Kier molecular flexibility index (Phi) is 5.42. The van der Waals surface area contributed by atoms with Crippen LogP contribution in [-0.2, 0) is 0 Å². The minimum absolute atomic E-state index is 1.23. The Bertz CT molecular complexity index is 1800. The average Bonchev–Trinajstić information content (AvgIpc) is 3.37. The predicted octanol–water partition coefficient (Wildman–Crippen LogP) is 10.7. The van der Waals surface area contributed by atoms with Crippen molar-refractivity contribution in [2.24, 2.45) is 0 Å². The van der Waals surface area contributed by atoms with Crippen LogP contribution >= 0.6 is 11.3 Å². The third-order valence-electron chi connectivity index (χ3n) is 7.06. The molecule has 0 aliphatic rings. The second-order valence-corrected chi connectivity index (χ2v) is 10.4. The highest BCUT2D eigenvalue weighted by molar-refractivity contribution is 7.26. The third-order valence-corrected chi connectivity index (χ3v) is 8.28. The van der Waals surface area contributed by atoms with Crippen molar-refractivity contribution in [1.29, 1.82) is 0 Å². The van der Waals surface area contributed by atoms with Crippen LogP contribution in [0.3, 0.4) is 0 Å². The molecule has 6 aromatic carbocycles. The van der Waals surface area contributed by atoms with Gasteiger partial charge in [-0.25, -0.2) is 0 Å². The van der Waals surface area contributed by atoms with E-state index in [0.29, 0.717) is 0 Å². The number of hydrogen-bond acceptors (Lipinski definition) is 1. The maximum Gasteiger partial charge on any atom is 0.0433 e. The number of rotatable bonds is 4. The van der Waals surface area contributed by atoms with Crippen LogP contribution in [0.25, 0.3) is 64.7 Å². The van der Waals surface area contributed by atoms with E-state index in [1.54, 1.807) is 0 Å². The van der Waals surface area contributed by atoms with E-state index in [-0.39, 0.29) is 0 Å². The summed E-state index contributed by atoms with van der Waals surface area (Å²) >= 11 is 1.88. The summed E-state index contributed by atoms with van der Waals surface area (Å²) in [5.74, 6) is 0. The Morgan fingerprint density at radius 2 is 0.811 bits per heavy atom. The molecule has 0 saturated heterocycles. The van der Waals surface area contributed by atoms with Gasteiger partial charge in [-0.15, -0.1) is 11.3 Å². The monoisotopic (exact) mass is 488 g/mol. The molecule has 0 unspecified atom stereocenters. The first-order chi connectivity index (χ1) is 18.3. The van der Waals surface area contributed by atoms with Gasteiger partial charge in [-0.2, -0.15) is 0 Å². The summed E-state index contributed by atoms with van der Waals surface area (Å²) in [5.41, 5.74) is 9.92. The van der Waals surface area contributed by atoms with Gasteiger partial charge < -0.3 is 0 Å². The zero-order valence-corrected chi connectivity index (χ0v) is 21.1. The number of hydrogen-bond donors (Lipinski definition) is 0. The van der Waals surface area contributed by atoms with Crippen LogP contribution in [0.4, 0.5) is 0 Å². The minimum Gasteiger partial charge on any atom is -0.135 e. The molecule has 0 atom stereocenters. The molecule has 1 aromatic heterocycles. The Morgan fingerprint density at radius 1 is 0.324 bits per heavy atom. The highest BCUT2D eigenvalue weighted by Crippen LogP contribution is 2.41. The van der Waals surface area contributed by atoms with Gasteiger partial charge >= 0.3 is 0 Å². The van der Waals surface area contributed by atoms with Gasteiger partial charge in [0, 0.05) is 20.2 Å². The lowest BCUT2D eigenvalue weighted by molar-refractivity contribution is 1.56. The van der Waals surface area contributed by atoms with E-state index in [1.807, 2.05) is 11.3 Å². The topological polar surface area (TPSA) is 0 Å². The fraction of sp³-hybridized carbons (Fsp3) is 0. The Balaban J connectivity index is 1.40. The van der Waals surface area contributed by atoms with Gasteiger partial charge in [0.2, 0.25) is 0 Å². The van der Waals surface area contributed by atoms with Crippen molar-refractivity contribution in [2.75, 3.05) is 0 Å². The maximum absolute atomic E-state index is 2.35.